The second kappa shape index (κ2) is 11.7. The maximum Gasteiger partial charge on any atom is 0.0468 e. The Hall–Kier alpha value is -6.22. The van der Waals surface area contributed by atoms with E-state index in [0.29, 0.717) is 0 Å². The summed E-state index contributed by atoms with van der Waals surface area (Å²) in [4.78, 5) is 2.39. The minimum absolute atomic E-state index is 1.12. The molecular weight excluding hydrogens is 623 g/mol. The molecule has 0 fully saturated rings. The molecule has 0 radical (unpaired) electrons. The Bertz CT molecular complexity index is 2870. The first kappa shape index (κ1) is 28.8. The first-order valence-corrected chi connectivity index (χ1v) is 17.9. The largest absolute Gasteiger partial charge is 0.310 e. The maximum atomic E-state index is 2.39. The van der Waals surface area contributed by atoms with Crippen molar-refractivity contribution in [1.29, 1.82) is 0 Å². The molecule has 0 bridgehead atoms. The van der Waals surface area contributed by atoms with Crippen LogP contribution in [0.3, 0.4) is 0 Å². The number of hydrogen-bond acceptors (Lipinski definition) is 2. The minimum atomic E-state index is 1.12. The predicted octanol–water partition coefficient (Wildman–Crippen LogP) is 14.3. The molecule has 2 heteroatoms. The molecule has 10 rings (SSSR count). The molecule has 0 spiro atoms. The Labute approximate surface area is 294 Å². The van der Waals surface area contributed by atoms with Crippen LogP contribution in [-0.2, 0) is 0 Å². The highest BCUT2D eigenvalue weighted by Crippen LogP contribution is 2.43. The van der Waals surface area contributed by atoms with E-state index < -0.39 is 0 Å². The molecule has 234 valence electrons. The molecule has 9 aromatic carbocycles. The lowest BCUT2D eigenvalue weighted by Crippen LogP contribution is -2.10. The van der Waals surface area contributed by atoms with Crippen molar-refractivity contribution < 1.29 is 0 Å². The fourth-order valence-corrected chi connectivity index (χ4v) is 8.79. The van der Waals surface area contributed by atoms with Crippen LogP contribution in [0.4, 0.5) is 17.1 Å². The smallest absolute Gasteiger partial charge is 0.0468 e. The molecule has 0 saturated heterocycles. The van der Waals surface area contributed by atoms with Crippen molar-refractivity contribution in [1.82, 2.24) is 0 Å². The van der Waals surface area contributed by atoms with Crippen molar-refractivity contribution in [3.8, 4) is 22.3 Å². The number of anilines is 3. The fourth-order valence-electron chi connectivity index (χ4n) is 7.67. The van der Waals surface area contributed by atoms with Crippen LogP contribution >= 0.6 is 11.3 Å². The molecule has 0 aliphatic heterocycles. The molecule has 10 aromatic rings. The summed E-state index contributed by atoms with van der Waals surface area (Å²) in [6, 6.07) is 68.7. The van der Waals surface area contributed by atoms with E-state index in [-0.39, 0.29) is 0 Å². The monoisotopic (exact) mass is 653 g/mol. The van der Waals surface area contributed by atoms with E-state index in [4.69, 9.17) is 0 Å². The van der Waals surface area contributed by atoms with Crippen LogP contribution in [-0.4, -0.2) is 0 Å². The van der Waals surface area contributed by atoms with Crippen LogP contribution in [0.2, 0.25) is 0 Å². The highest BCUT2D eigenvalue weighted by molar-refractivity contribution is 7.26. The number of hydrogen-bond donors (Lipinski definition) is 0. The van der Waals surface area contributed by atoms with Crippen molar-refractivity contribution in [3.63, 3.8) is 0 Å². The van der Waals surface area contributed by atoms with Crippen molar-refractivity contribution >= 4 is 80.9 Å². The third-order valence-electron chi connectivity index (χ3n) is 10.0. The van der Waals surface area contributed by atoms with Crippen LogP contribution < -0.4 is 4.90 Å². The second-order valence-corrected chi connectivity index (χ2v) is 14.0. The lowest BCUT2D eigenvalue weighted by Gasteiger charge is -2.27. The Kier molecular flexibility index (Phi) is 6.75. The van der Waals surface area contributed by atoms with E-state index in [2.05, 4.69) is 193 Å². The van der Waals surface area contributed by atoms with Gasteiger partial charge in [-0.25, -0.2) is 0 Å². The Balaban J connectivity index is 1.14. The summed E-state index contributed by atoms with van der Waals surface area (Å²) in [7, 11) is 0. The van der Waals surface area contributed by atoms with Gasteiger partial charge in [0, 0.05) is 37.2 Å². The summed E-state index contributed by atoms with van der Waals surface area (Å²) in [6.07, 6.45) is 0. The third kappa shape index (κ3) is 4.76. The van der Waals surface area contributed by atoms with Crippen molar-refractivity contribution in [2.45, 2.75) is 0 Å². The average molecular weight is 654 g/mol. The fraction of sp³-hybridized carbons (Fsp3) is 0. The standard InChI is InChI=1S/C48H31NS/c1-2-11-32(12-3-1)34-14-10-15-38(29-34)49(39-26-27-41-36(30-39)23-28-47-48(41)44-19-8-9-20-46(44)50-47)37-24-21-33(22-25-37)45-31-35-13-4-5-16-40(35)42-17-6-7-18-43(42)45/h1-31H. The normalized spacial score (nSPS) is 11.6. The Morgan fingerprint density at radius 3 is 1.84 bits per heavy atom. The van der Waals surface area contributed by atoms with Crippen LogP contribution in [0.1, 0.15) is 0 Å². The number of fused-ring (bicyclic) bond motifs is 8. The second-order valence-electron chi connectivity index (χ2n) is 12.9. The van der Waals surface area contributed by atoms with Gasteiger partial charge < -0.3 is 4.90 Å². The van der Waals surface area contributed by atoms with Gasteiger partial charge in [0.15, 0.2) is 0 Å². The first-order chi connectivity index (χ1) is 24.8. The zero-order valence-corrected chi connectivity index (χ0v) is 28.1. The van der Waals surface area contributed by atoms with Crippen LogP contribution in [0.5, 0.6) is 0 Å². The van der Waals surface area contributed by atoms with Crippen molar-refractivity contribution in [3.05, 3.63) is 188 Å². The first-order valence-electron chi connectivity index (χ1n) is 17.1. The van der Waals surface area contributed by atoms with Crippen molar-refractivity contribution in [2.24, 2.45) is 0 Å². The summed E-state index contributed by atoms with van der Waals surface area (Å²) in [5, 5.41) is 10.3. The molecule has 0 N–H and O–H groups in total. The zero-order chi connectivity index (χ0) is 33.0. The average Bonchev–Trinajstić information content (AvgIpc) is 3.58. The number of thiophene rings is 1. The quantitative estimate of drug-likeness (QED) is 0.167. The highest BCUT2D eigenvalue weighted by atomic mass is 32.1. The lowest BCUT2D eigenvalue weighted by atomic mass is 9.93. The van der Waals surface area contributed by atoms with Gasteiger partial charge in [0.25, 0.3) is 0 Å². The summed E-state index contributed by atoms with van der Waals surface area (Å²) in [5.74, 6) is 0. The summed E-state index contributed by atoms with van der Waals surface area (Å²) < 4.78 is 2.66. The van der Waals surface area contributed by atoms with E-state index in [9.17, 15) is 0 Å². The van der Waals surface area contributed by atoms with Gasteiger partial charge in [0.2, 0.25) is 0 Å². The van der Waals surface area contributed by atoms with E-state index in [1.165, 1.54) is 74.7 Å². The van der Waals surface area contributed by atoms with Gasteiger partial charge >= 0.3 is 0 Å². The van der Waals surface area contributed by atoms with Crippen LogP contribution in [0.25, 0.3) is 74.7 Å². The van der Waals surface area contributed by atoms with Gasteiger partial charge in [-0.05, 0) is 109 Å². The van der Waals surface area contributed by atoms with E-state index >= 15 is 0 Å². The number of nitrogens with zero attached hydrogens (tertiary/aromatic N) is 1. The number of benzene rings is 9. The summed E-state index contributed by atoms with van der Waals surface area (Å²) in [6.45, 7) is 0. The molecule has 0 unspecified atom stereocenters. The van der Waals surface area contributed by atoms with Crippen LogP contribution in [0, 0.1) is 0 Å². The van der Waals surface area contributed by atoms with Crippen LogP contribution in [0.15, 0.2) is 188 Å². The Morgan fingerprint density at radius 1 is 0.320 bits per heavy atom. The van der Waals surface area contributed by atoms with E-state index in [1.54, 1.807) is 0 Å². The number of rotatable bonds is 5. The molecule has 1 nitrogen and oxygen atoms in total. The third-order valence-corrected chi connectivity index (χ3v) is 11.2. The van der Waals surface area contributed by atoms with Gasteiger partial charge in [-0.3, -0.25) is 0 Å². The van der Waals surface area contributed by atoms with Gasteiger partial charge in [-0.15, -0.1) is 11.3 Å². The zero-order valence-electron chi connectivity index (χ0n) is 27.3. The molecule has 0 aliphatic carbocycles. The van der Waals surface area contributed by atoms with Gasteiger partial charge in [-0.1, -0.05) is 133 Å². The summed E-state index contributed by atoms with van der Waals surface area (Å²) in [5.41, 5.74) is 8.23. The topological polar surface area (TPSA) is 3.24 Å². The minimum Gasteiger partial charge on any atom is -0.310 e. The molecule has 1 aromatic heterocycles. The highest BCUT2D eigenvalue weighted by Gasteiger charge is 2.17. The van der Waals surface area contributed by atoms with Crippen molar-refractivity contribution in [2.75, 3.05) is 4.90 Å². The molecule has 0 saturated carbocycles. The predicted molar refractivity (Wildman–Crippen MR) is 217 cm³/mol. The van der Waals surface area contributed by atoms with Gasteiger partial charge in [-0.2, -0.15) is 0 Å². The molecule has 0 aliphatic rings. The SMILES string of the molecule is c1ccc(-c2cccc(N(c3ccc(-c4cc5ccccc5c5ccccc45)cc3)c3ccc4c(ccc5sc6ccccc6c54)c3)c2)cc1. The summed E-state index contributed by atoms with van der Waals surface area (Å²) >= 11 is 1.87. The maximum absolute atomic E-state index is 2.39. The van der Waals surface area contributed by atoms with E-state index in [1.807, 2.05) is 11.3 Å². The van der Waals surface area contributed by atoms with E-state index in [0.717, 1.165) is 17.1 Å². The molecular formula is C48H31NS. The van der Waals surface area contributed by atoms with Gasteiger partial charge in [0.1, 0.15) is 0 Å². The molecule has 50 heavy (non-hydrogen) atoms. The molecule has 1 heterocycles. The molecule has 0 amide bonds. The Morgan fingerprint density at radius 2 is 0.980 bits per heavy atom. The van der Waals surface area contributed by atoms with Gasteiger partial charge in [0.05, 0.1) is 0 Å². The lowest BCUT2D eigenvalue weighted by molar-refractivity contribution is 1.29. The molecule has 0 atom stereocenters.